The Morgan fingerprint density at radius 3 is 2.46 bits per heavy atom. The number of likely N-dealkylation sites (tertiary alicyclic amines) is 2. The van der Waals surface area contributed by atoms with Crippen LogP contribution in [0.1, 0.15) is 91.8 Å². The lowest BCUT2D eigenvalue weighted by atomic mass is 9.58. The van der Waals surface area contributed by atoms with Gasteiger partial charge in [0.25, 0.3) is 5.91 Å². The Balaban J connectivity index is 1.05. The molecule has 1 saturated carbocycles. The SMILES string of the molecule is CC1CC(c2cccc(N3Cc4c(cc(CN5CC[C@@H](O[C@H]6CCN(C(=O)OC(C)(C)C)C6)C5)cc4C(F)(F)F)C3=O)c2)(c2nncn2C)C1. The van der Waals surface area contributed by atoms with Crippen LogP contribution < -0.4 is 4.90 Å². The number of nitrogens with zero attached hydrogens (tertiary/aromatic N) is 6. The van der Waals surface area contributed by atoms with Crippen molar-refractivity contribution in [3.8, 4) is 0 Å². The summed E-state index contributed by atoms with van der Waals surface area (Å²) in [4.78, 5) is 31.6. The molecular weight excluding hydrogens is 649 g/mol. The Labute approximate surface area is 290 Å². The zero-order valence-corrected chi connectivity index (χ0v) is 29.3. The van der Waals surface area contributed by atoms with Gasteiger partial charge in [-0.2, -0.15) is 13.2 Å². The van der Waals surface area contributed by atoms with Crippen molar-refractivity contribution in [2.75, 3.05) is 31.1 Å². The van der Waals surface area contributed by atoms with Gasteiger partial charge in [-0.15, -0.1) is 10.2 Å². The second-order valence-electron chi connectivity index (χ2n) is 15.6. The number of rotatable bonds is 7. The fraction of sp³-hybridized carbons (Fsp3) is 0.568. The van der Waals surface area contributed by atoms with Crippen molar-refractivity contribution in [3.63, 3.8) is 0 Å². The number of hydrogen-bond donors (Lipinski definition) is 0. The van der Waals surface area contributed by atoms with E-state index in [4.69, 9.17) is 9.47 Å². The molecule has 0 N–H and O–H groups in total. The predicted octanol–water partition coefficient (Wildman–Crippen LogP) is 6.31. The zero-order valence-electron chi connectivity index (χ0n) is 29.3. The number of aryl methyl sites for hydroxylation is 1. The van der Waals surface area contributed by atoms with Crippen LogP contribution in [0.25, 0.3) is 0 Å². The van der Waals surface area contributed by atoms with Crippen molar-refractivity contribution in [2.24, 2.45) is 13.0 Å². The highest BCUT2D eigenvalue weighted by atomic mass is 19.4. The molecule has 50 heavy (non-hydrogen) atoms. The van der Waals surface area contributed by atoms with Crippen LogP contribution in [0, 0.1) is 5.92 Å². The largest absolute Gasteiger partial charge is 0.444 e. The van der Waals surface area contributed by atoms with Crippen LogP contribution in [-0.2, 0) is 41.2 Å². The molecule has 10 nitrogen and oxygen atoms in total. The quantitative estimate of drug-likeness (QED) is 0.286. The highest BCUT2D eigenvalue weighted by molar-refractivity contribution is 6.10. The molecule has 0 spiro atoms. The molecule has 1 aromatic heterocycles. The molecule has 4 heterocycles. The van der Waals surface area contributed by atoms with Gasteiger partial charge in [0.05, 0.1) is 36.3 Å². The average molecular weight is 695 g/mol. The fourth-order valence-corrected chi connectivity index (χ4v) is 8.30. The Morgan fingerprint density at radius 2 is 1.78 bits per heavy atom. The van der Waals surface area contributed by atoms with Gasteiger partial charge in [0.15, 0.2) is 0 Å². The van der Waals surface area contributed by atoms with Crippen LogP contribution in [0.3, 0.4) is 0 Å². The maximum atomic E-state index is 14.6. The maximum absolute atomic E-state index is 14.6. The Kier molecular flexibility index (Phi) is 8.73. The van der Waals surface area contributed by atoms with E-state index < -0.39 is 23.2 Å². The summed E-state index contributed by atoms with van der Waals surface area (Å²) in [6.45, 7) is 10.0. The van der Waals surface area contributed by atoms with E-state index in [1.807, 2.05) is 50.6 Å². The van der Waals surface area contributed by atoms with Crippen molar-refractivity contribution >= 4 is 17.7 Å². The van der Waals surface area contributed by atoms with E-state index in [1.54, 1.807) is 23.4 Å². The van der Waals surface area contributed by atoms with Gasteiger partial charge in [-0.25, -0.2) is 4.79 Å². The van der Waals surface area contributed by atoms with Crippen LogP contribution >= 0.6 is 0 Å². The minimum atomic E-state index is -4.62. The Bertz CT molecular complexity index is 1780. The van der Waals surface area contributed by atoms with Crippen molar-refractivity contribution in [3.05, 3.63) is 76.4 Å². The second kappa shape index (κ2) is 12.7. The van der Waals surface area contributed by atoms with E-state index in [0.717, 1.165) is 30.7 Å². The minimum Gasteiger partial charge on any atom is -0.444 e. The normalized spacial score (nSPS) is 25.7. The summed E-state index contributed by atoms with van der Waals surface area (Å²) >= 11 is 0. The van der Waals surface area contributed by atoms with Crippen molar-refractivity contribution in [2.45, 2.75) is 95.9 Å². The first-order valence-electron chi connectivity index (χ1n) is 17.5. The summed E-state index contributed by atoms with van der Waals surface area (Å²) in [5, 5.41) is 8.51. The molecule has 4 aliphatic rings. The predicted molar refractivity (Wildman–Crippen MR) is 180 cm³/mol. The molecule has 0 unspecified atom stereocenters. The molecular formula is C37H45F3N6O4. The minimum absolute atomic E-state index is 0.00957. The standard InChI is InChI=1S/C37H45F3N6O4/c1-23-16-36(17-23,33-42-41-22-43(33)5)25-7-6-8-26(15-25)46-21-30-29(32(46)47)13-24(14-31(30)37(38,39)40)18-44-11-9-27(19-44)49-28-10-12-45(20-28)34(48)50-35(2,3)4/h6-8,13-15,22-23,27-28H,9-12,16-21H2,1-5H3/t23?,27-,28+,36?/m1/s1. The number of carbonyl (C=O) groups is 2. The summed E-state index contributed by atoms with van der Waals surface area (Å²) in [5.74, 6) is 0.890. The molecule has 3 aromatic rings. The first-order chi connectivity index (χ1) is 23.6. The number of halogens is 3. The molecule has 2 aromatic carbocycles. The highest BCUT2D eigenvalue weighted by Crippen LogP contribution is 2.52. The van der Waals surface area contributed by atoms with Gasteiger partial charge in [-0.05, 0) is 93.3 Å². The first-order valence-corrected chi connectivity index (χ1v) is 17.5. The number of carbonyl (C=O) groups excluding carboxylic acids is 2. The highest BCUT2D eigenvalue weighted by Gasteiger charge is 2.49. The van der Waals surface area contributed by atoms with Crippen LogP contribution in [0.2, 0.25) is 0 Å². The van der Waals surface area contributed by atoms with Crippen LogP contribution in [0.15, 0.2) is 42.7 Å². The summed E-state index contributed by atoms with van der Waals surface area (Å²) < 4.78 is 57.4. The third-order valence-electron chi connectivity index (χ3n) is 10.5. The summed E-state index contributed by atoms with van der Waals surface area (Å²) in [5.41, 5.74) is 0.392. The van der Waals surface area contributed by atoms with Gasteiger partial charge in [0.1, 0.15) is 17.8 Å². The van der Waals surface area contributed by atoms with Crippen molar-refractivity contribution < 1.29 is 32.2 Å². The number of anilines is 1. The number of aromatic nitrogens is 3. The molecule has 3 aliphatic heterocycles. The lowest BCUT2D eigenvalue weighted by Crippen LogP contribution is -2.43. The topological polar surface area (TPSA) is 93.0 Å². The van der Waals surface area contributed by atoms with Gasteiger partial charge in [-0.1, -0.05) is 19.1 Å². The lowest BCUT2D eigenvalue weighted by Gasteiger charge is -2.46. The lowest BCUT2D eigenvalue weighted by molar-refractivity contribution is -0.138. The molecule has 3 fully saturated rings. The summed E-state index contributed by atoms with van der Waals surface area (Å²) in [7, 11) is 1.91. The molecule has 0 radical (unpaired) electrons. The number of benzene rings is 2. The van der Waals surface area contributed by atoms with Gasteiger partial charge >= 0.3 is 12.3 Å². The second-order valence-corrected chi connectivity index (χ2v) is 15.6. The van der Waals surface area contributed by atoms with Gasteiger partial charge in [0.2, 0.25) is 0 Å². The van der Waals surface area contributed by atoms with Gasteiger partial charge < -0.3 is 23.8 Å². The summed E-state index contributed by atoms with van der Waals surface area (Å²) in [6.07, 6.45) is -0.332. The molecule has 7 rings (SSSR count). The van der Waals surface area contributed by atoms with Crippen LogP contribution in [-0.4, -0.2) is 80.6 Å². The van der Waals surface area contributed by atoms with E-state index >= 15 is 0 Å². The molecule has 0 bridgehead atoms. The van der Waals surface area contributed by atoms with Crippen molar-refractivity contribution in [1.29, 1.82) is 0 Å². The molecule has 2 atom stereocenters. The van der Waals surface area contributed by atoms with E-state index in [2.05, 4.69) is 22.0 Å². The molecule has 13 heteroatoms. The van der Waals surface area contributed by atoms with Gasteiger partial charge in [-0.3, -0.25) is 9.69 Å². The fourth-order valence-electron chi connectivity index (χ4n) is 8.30. The Morgan fingerprint density at radius 1 is 1.04 bits per heavy atom. The molecule has 2 saturated heterocycles. The molecule has 1 aliphatic carbocycles. The number of alkyl halides is 3. The van der Waals surface area contributed by atoms with E-state index in [0.29, 0.717) is 49.8 Å². The van der Waals surface area contributed by atoms with Crippen LogP contribution in [0.4, 0.5) is 23.7 Å². The monoisotopic (exact) mass is 694 g/mol. The average Bonchev–Trinajstić information content (AvgIpc) is 3.83. The van der Waals surface area contributed by atoms with Gasteiger partial charge in [0, 0.05) is 44.5 Å². The zero-order chi connectivity index (χ0) is 35.6. The number of amides is 2. The smallest absolute Gasteiger partial charge is 0.416 e. The van der Waals surface area contributed by atoms with Crippen molar-refractivity contribution in [1.82, 2.24) is 24.6 Å². The number of ether oxygens (including phenoxy) is 2. The first kappa shape index (κ1) is 34.5. The van der Waals surface area contributed by atoms with E-state index in [1.165, 1.54) is 11.0 Å². The third-order valence-corrected chi connectivity index (χ3v) is 10.5. The molecule has 2 amide bonds. The number of fused-ring (bicyclic) bond motifs is 1. The third kappa shape index (κ3) is 6.61. The molecule has 268 valence electrons. The number of hydrogen-bond acceptors (Lipinski definition) is 7. The van der Waals surface area contributed by atoms with E-state index in [-0.39, 0.29) is 47.9 Å². The summed E-state index contributed by atoms with van der Waals surface area (Å²) in [6, 6.07) is 10.4. The Hall–Kier alpha value is -3.97. The van der Waals surface area contributed by atoms with Crippen LogP contribution in [0.5, 0.6) is 0 Å². The maximum Gasteiger partial charge on any atom is 0.416 e. The van der Waals surface area contributed by atoms with E-state index in [9.17, 15) is 22.8 Å².